The van der Waals surface area contributed by atoms with E-state index in [0.717, 1.165) is 0 Å². The van der Waals surface area contributed by atoms with E-state index in [-0.39, 0.29) is 11.1 Å². The van der Waals surface area contributed by atoms with Crippen LogP contribution in [0.25, 0.3) is 0 Å². The van der Waals surface area contributed by atoms with Crippen LogP contribution < -0.4 is 5.32 Å². The summed E-state index contributed by atoms with van der Waals surface area (Å²) in [5.41, 5.74) is 0. The molecule has 1 rings (SSSR count). The molecule has 0 spiro atoms. The van der Waals surface area contributed by atoms with Crippen LogP contribution in [0.15, 0.2) is 0 Å². The smallest absolute Gasteiger partial charge is 0.141 e. The molecule has 0 saturated carbocycles. The van der Waals surface area contributed by atoms with Crippen LogP contribution >= 0.6 is 0 Å². The summed E-state index contributed by atoms with van der Waals surface area (Å²) in [7, 11) is -1.88. The lowest BCUT2D eigenvalue weighted by atomic mass is 10.2. The van der Waals surface area contributed by atoms with Gasteiger partial charge in [0.1, 0.15) is 19.6 Å². The number of carbonyl (C=O) groups excluding carboxylic acids is 1. The first-order valence-corrected chi connectivity index (χ1v) is 8.13. The average molecular weight is 215 g/mol. The van der Waals surface area contributed by atoms with E-state index in [1.54, 1.807) is 0 Å². The third-order valence-electron chi connectivity index (χ3n) is 3.50. The number of ether oxygens (including phenoxy) is 1. The van der Waals surface area contributed by atoms with Gasteiger partial charge in [-0.15, -0.1) is 0 Å². The van der Waals surface area contributed by atoms with Crippen LogP contribution in [0.4, 0.5) is 0 Å². The molecule has 1 heterocycles. The van der Waals surface area contributed by atoms with E-state index in [1.165, 1.54) is 0 Å². The molecule has 0 aromatic rings. The molecule has 82 valence electrons. The van der Waals surface area contributed by atoms with Crippen LogP contribution in [0, 0.1) is 0 Å². The van der Waals surface area contributed by atoms with E-state index in [1.807, 2.05) is 0 Å². The fraction of sp³-hybridized carbons (Fsp3) is 0.900. The molecular formula is C10H21NO2Si. The van der Waals surface area contributed by atoms with E-state index in [0.29, 0.717) is 18.7 Å². The molecule has 1 atom stereocenters. The van der Waals surface area contributed by atoms with Gasteiger partial charge in [0.25, 0.3) is 0 Å². The Morgan fingerprint density at radius 1 is 1.43 bits per heavy atom. The van der Waals surface area contributed by atoms with Crippen molar-refractivity contribution < 1.29 is 9.53 Å². The molecule has 1 fully saturated rings. The summed E-state index contributed by atoms with van der Waals surface area (Å²) in [6.45, 7) is 11.9. The van der Waals surface area contributed by atoms with Gasteiger partial charge in [-0.05, 0) is 5.04 Å². The van der Waals surface area contributed by atoms with Crippen molar-refractivity contribution in [3.8, 4) is 0 Å². The summed E-state index contributed by atoms with van der Waals surface area (Å²) in [6.07, 6.45) is -0.198. The second-order valence-electron chi connectivity index (χ2n) is 5.49. The summed E-state index contributed by atoms with van der Waals surface area (Å²) in [5.74, 6) is 0. The van der Waals surface area contributed by atoms with E-state index in [9.17, 15) is 4.79 Å². The molecule has 0 aliphatic carbocycles. The minimum atomic E-state index is -1.88. The van der Waals surface area contributed by atoms with Crippen molar-refractivity contribution in [2.75, 3.05) is 13.3 Å². The van der Waals surface area contributed by atoms with Crippen LogP contribution in [-0.4, -0.2) is 32.9 Å². The molecule has 3 nitrogen and oxygen atoms in total. The first kappa shape index (κ1) is 11.9. The Balaban J connectivity index is 2.76. The molecule has 0 aromatic heterocycles. The summed E-state index contributed by atoms with van der Waals surface area (Å²) in [6, 6.07) is 0. The largest absolute Gasteiger partial charge is 0.354 e. The molecule has 1 saturated heterocycles. The highest BCUT2D eigenvalue weighted by Gasteiger charge is 2.45. The Hall–Kier alpha value is -0.193. The number of nitrogens with one attached hydrogen (secondary N) is 1. The predicted octanol–water partition coefficient (Wildman–Crippen LogP) is 1.55. The van der Waals surface area contributed by atoms with Gasteiger partial charge in [-0.3, -0.25) is 5.32 Å². The predicted molar refractivity (Wildman–Crippen MR) is 59.9 cm³/mol. The zero-order valence-corrected chi connectivity index (χ0v) is 10.8. The second kappa shape index (κ2) is 3.75. The fourth-order valence-electron chi connectivity index (χ4n) is 1.35. The molecule has 1 unspecified atom stereocenters. The standard InChI is InChI=1S/C10H21NO2Si/c1-10(2,3)14(4,5)9(12)8-6-11-7-13-8/h8,11H,6-7H2,1-5H3. The van der Waals surface area contributed by atoms with Crippen molar-refractivity contribution in [2.45, 2.75) is 45.0 Å². The van der Waals surface area contributed by atoms with E-state index in [2.05, 4.69) is 39.2 Å². The van der Waals surface area contributed by atoms with Gasteiger partial charge in [0.05, 0.1) is 6.73 Å². The topological polar surface area (TPSA) is 38.3 Å². The maximum Gasteiger partial charge on any atom is 0.141 e. The number of hydrogen-bond acceptors (Lipinski definition) is 3. The van der Waals surface area contributed by atoms with Gasteiger partial charge in [0.2, 0.25) is 0 Å². The van der Waals surface area contributed by atoms with Gasteiger partial charge in [0.15, 0.2) is 0 Å². The van der Waals surface area contributed by atoms with Gasteiger partial charge in [-0.25, -0.2) is 0 Å². The fourth-order valence-corrected chi connectivity index (χ4v) is 3.08. The van der Waals surface area contributed by atoms with E-state index < -0.39 is 8.07 Å². The Labute approximate surface area is 87.2 Å². The van der Waals surface area contributed by atoms with Crippen molar-refractivity contribution in [3.05, 3.63) is 0 Å². The third kappa shape index (κ3) is 2.07. The molecule has 1 N–H and O–H groups in total. The highest BCUT2D eigenvalue weighted by molar-refractivity contribution is 7.06. The molecule has 0 amide bonds. The van der Waals surface area contributed by atoms with Crippen molar-refractivity contribution in [1.82, 2.24) is 5.32 Å². The quantitative estimate of drug-likeness (QED) is 0.710. The van der Waals surface area contributed by atoms with Crippen molar-refractivity contribution in [2.24, 2.45) is 0 Å². The number of carbonyl (C=O) groups is 1. The maximum absolute atomic E-state index is 12.2. The maximum atomic E-state index is 12.2. The zero-order valence-electron chi connectivity index (χ0n) is 9.81. The van der Waals surface area contributed by atoms with Gasteiger partial charge in [-0.1, -0.05) is 33.9 Å². The number of rotatable bonds is 2. The molecule has 1 aliphatic heterocycles. The van der Waals surface area contributed by atoms with Crippen molar-refractivity contribution >= 4 is 13.5 Å². The van der Waals surface area contributed by atoms with E-state index >= 15 is 0 Å². The van der Waals surface area contributed by atoms with Gasteiger partial charge in [0, 0.05) is 6.54 Å². The van der Waals surface area contributed by atoms with Crippen molar-refractivity contribution in [3.63, 3.8) is 0 Å². The lowest BCUT2D eigenvalue weighted by Gasteiger charge is -2.36. The molecule has 4 heteroatoms. The van der Waals surface area contributed by atoms with Crippen LogP contribution in [0.5, 0.6) is 0 Å². The first-order valence-electron chi connectivity index (χ1n) is 5.13. The summed E-state index contributed by atoms with van der Waals surface area (Å²) >= 11 is 0. The molecular weight excluding hydrogens is 194 g/mol. The Bertz CT molecular complexity index is 227. The van der Waals surface area contributed by atoms with E-state index in [4.69, 9.17) is 4.74 Å². The average Bonchev–Trinajstić information content (AvgIpc) is 2.52. The SMILES string of the molecule is CC(C)(C)[Si](C)(C)C(=O)C1CNCO1. The van der Waals surface area contributed by atoms with Crippen LogP contribution in [0.1, 0.15) is 20.8 Å². The highest BCUT2D eigenvalue weighted by atomic mass is 28.3. The minimum Gasteiger partial charge on any atom is -0.354 e. The molecule has 0 radical (unpaired) electrons. The summed E-state index contributed by atoms with van der Waals surface area (Å²) in [5, 5.41) is 3.51. The molecule has 1 aliphatic rings. The molecule has 14 heavy (non-hydrogen) atoms. The van der Waals surface area contributed by atoms with Crippen LogP contribution in [0.3, 0.4) is 0 Å². The van der Waals surface area contributed by atoms with Crippen LogP contribution in [0.2, 0.25) is 18.1 Å². The molecule has 0 bridgehead atoms. The lowest BCUT2D eigenvalue weighted by Crippen LogP contribution is -2.52. The lowest BCUT2D eigenvalue weighted by molar-refractivity contribution is -0.120. The summed E-state index contributed by atoms with van der Waals surface area (Å²) in [4.78, 5) is 12.2. The third-order valence-corrected chi connectivity index (χ3v) is 8.80. The second-order valence-corrected chi connectivity index (χ2v) is 10.7. The monoisotopic (exact) mass is 215 g/mol. The Kier molecular flexibility index (Phi) is 3.19. The van der Waals surface area contributed by atoms with Crippen molar-refractivity contribution in [1.29, 1.82) is 0 Å². The highest BCUT2D eigenvalue weighted by Crippen LogP contribution is 2.37. The molecule has 0 aromatic carbocycles. The summed E-state index contributed by atoms with van der Waals surface area (Å²) < 4.78 is 5.37. The van der Waals surface area contributed by atoms with Crippen LogP contribution in [-0.2, 0) is 9.53 Å². The van der Waals surface area contributed by atoms with Gasteiger partial charge < -0.3 is 9.53 Å². The first-order chi connectivity index (χ1) is 6.27. The Morgan fingerprint density at radius 3 is 2.36 bits per heavy atom. The number of hydrogen-bond donors (Lipinski definition) is 1. The van der Waals surface area contributed by atoms with Gasteiger partial charge in [-0.2, -0.15) is 0 Å². The minimum absolute atomic E-state index is 0.107. The zero-order chi connectivity index (χ0) is 11.0. The Morgan fingerprint density at radius 2 is 2.00 bits per heavy atom. The van der Waals surface area contributed by atoms with Gasteiger partial charge >= 0.3 is 0 Å². The normalized spacial score (nSPS) is 23.9.